The van der Waals surface area contributed by atoms with Crippen LogP contribution >= 0.6 is 0 Å². The van der Waals surface area contributed by atoms with E-state index in [9.17, 15) is 5.11 Å². The lowest BCUT2D eigenvalue weighted by molar-refractivity contribution is 0.0705. The van der Waals surface area contributed by atoms with Crippen molar-refractivity contribution in [1.29, 1.82) is 0 Å². The number of aliphatic hydroxyl groups is 1. The first-order valence-electron chi connectivity index (χ1n) is 10.5. The lowest BCUT2D eigenvalue weighted by atomic mass is 10.1. The van der Waals surface area contributed by atoms with Crippen molar-refractivity contribution in [3.63, 3.8) is 0 Å². The lowest BCUT2D eigenvalue weighted by Gasteiger charge is -2.24. The molecule has 0 saturated carbocycles. The summed E-state index contributed by atoms with van der Waals surface area (Å²) >= 11 is 0. The fourth-order valence-electron chi connectivity index (χ4n) is 3.73. The van der Waals surface area contributed by atoms with Gasteiger partial charge in [-0.3, -0.25) is 4.90 Å². The van der Waals surface area contributed by atoms with Gasteiger partial charge in [-0.05, 0) is 42.3 Å². The number of benzene rings is 2. The SMILES string of the molecule is O[C@H](COc1ccc(-c2ccccc2)cc1)CN1CCCN(c2ncccn2)CC1. The molecule has 1 aromatic heterocycles. The highest BCUT2D eigenvalue weighted by Gasteiger charge is 2.19. The molecule has 1 atom stereocenters. The van der Waals surface area contributed by atoms with Gasteiger partial charge >= 0.3 is 0 Å². The van der Waals surface area contributed by atoms with Crippen molar-refractivity contribution >= 4 is 5.95 Å². The molecule has 4 rings (SSSR count). The standard InChI is InChI=1S/C24H28N4O2/c29-22(18-27-14-5-15-28(17-16-27)24-25-12-4-13-26-24)19-30-23-10-8-21(9-11-23)20-6-2-1-3-7-20/h1-4,6-13,22,29H,5,14-19H2/t22-/m0/s1. The average Bonchev–Trinajstić information content (AvgIpc) is 3.05. The van der Waals surface area contributed by atoms with Gasteiger partial charge in [0.15, 0.2) is 0 Å². The fraction of sp³-hybridized carbons (Fsp3) is 0.333. The maximum Gasteiger partial charge on any atom is 0.225 e. The summed E-state index contributed by atoms with van der Waals surface area (Å²) in [6.45, 7) is 4.50. The van der Waals surface area contributed by atoms with E-state index in [0.29, 0.717) is 6.54 Å². The zero-order chi connectivity index (χ0) is 20.6. The average molecular weight is 405 g/mol. The molecule has 0 spiro atoms. The van der Waals surface area contributed by atoms with E-state index < -0.39 is 6.10 Å². The number of aromatic nitrogens is 2. The van der Waals surface area contributed by atoms with Gasteiger partial charge in [0.2, 0.25) is 5.95 Å². The fourth-order valence-corrected chi connectivity index (χ4v) is 3.73. The van der Waals surface area contributed by atoms with Gasteiger partial charge in [0, 0.05) is 38.6 Å². The predicted octanol–water partition coefficient (Wildman–Crippen LogP) is 3.10. The van der Waals surface area contributed by atoms with Crippen LogP contribution < -0.4 is 9.64 Å². The summed E-state index contributed by atoms with van der Waals surface area (Å²) in [5.74, 6) is 1.55. The van der Waals surface area contributed by atoms with Gasteiger partial charge in [0.25, 0.3) is 0 Å². The molecule has 2 aromatic carbocycles. The van der Waals surface area contributed by atoms with Crippen molar-refractivity contribution < 1.29 is 9.84 Å². The Kier molecular flexibility index (Phi) is 6.90. The summed E-state index contributed by atoms with van der Waals surface area (Å²) in [5.41, 5.74) is 2.33. The summed E-state index contributed by atoms with van der Waals surface area (Å²) in [5, 5.41) is 10.5. The Morgan fingerprint density at radius 1 is 0.833 bits per heavy atom. The molecule has 0 amide bonds. The second kappa shape index (κ2) is 10.2. The first-order chi connectivity index (χ1) is 14.8. The summed E-state index contributed by atoms with van der Waals surface area (Å²) in [4.78, 5) is 13.2. The minimum atomic E-state index is -0.529. The highest BCUT2D eigenvalue weighted by molar-refractivity contribution is 5.63. The van der Waals surface area contributed by atoms with Crippen molar-refractivity contribution in [1.82, 2.24) is 14.9 Å². The molecule has 1 fully saturated rings. The van der Waals surface area contributed by atoms with Gasteiger partial charge in [0.05, 0.1) is 0 Å². The smallest absolute Gasteiger partial charge is 0.225 e. The number of nitrogens with zero attached hydrogens (tertiary/aromatic N) is 4. The first kappa shape index (κ1) is 20.3. The number of anilines is 1. The van der Waals surface area contributed by atoms with Crippen LogP contribution in [0.2, 0.25) is 0 Å². The third-order valence-corrected chi connectivity index (χ3v) is 5.30. The maximum absolute atomic E-state index is 10.5. The van der Waals surface area contributed by atoms with Crippen LogP contribution in [0.4, 0.5) is 5.95 Å². The van der Waals surface area contributed by atoms with Crippen molar-refractivity contribution in [2.24, 2.45) is 0 Å². The highest BCUT2D eigenvalue weighted by Crippen LogP contribution is 2.22. The second-order valence-electron chi connectivity index (χ2n) is 7.55. The third-order valence-electron chi connectivity index (χ3n) is 5.30. The van der Waals surface area contributed by atoms with E-state index in [-0.39, 0.29) is 6.61 Å². The van der Waals surface area contributed by atoms with Gasteiger partial charge in [-0.15, -0.1) is 0 Å². The largest absolute Gasteiger partial charge is 0.491 e. The molecule has 6 nitrogen and oxygen atoms in total. The molecule has 1 saturated heterocycles. The van der Waals surface area contributed by atoms with Crippen molar-refractivity contribution in [2.75, 3.05) is 44.2 Å². The molecular weight excluding hydrogens is 376 g/mol. The number of hydrogen-bond acceptors (Lipinski definition) is 6. The second-order valence-corrected chi connectivity index (χ2v) is 7.55. The monoisotopic (exact) mass is 404 g/mol. The Morgan fingerprint density at radius 2 is 1.57 bits per heavy atom. The number of rotatable bonds is 7. The van der Waals surface area contributed by atoms with E-state index >= 15 is 0 Å². The summed E-state index contributed by atoms with van der Waals surface area (Å²) in [7, 11) is 0. The number of hydrogen-bond donors (Lipinski definition) is 1. The maximum atomic E-state index is 10.5. The molecule has 1 aliphatic rings. The van der Waals surface area contributed by atoms with Crippen molar-refractivity contribution in [2.45, 2.75) is 12.5 Å². The van der Waals surface area contributed by atoms with Crippen LogP contribution in [0.25, 0.3) is 11.1 Å². The van der Waals surface area contributed by atoms with Crippen LogP contribution in [-0.4, -0.2) is 65.4 Å². The van der Waals surface area contributed by atoms with E-state index in [1.54, 1.807) is 12.4 Å². The molecule has 0 bridgehead atoms. The predicted molar refractivity (Wildman–Crippen MR) is 119 cm³/mol. The minimum absolute atomic E-state index is 0.284. The Balaban J connectivity index is 1.23. The van der Waals surface area contributed by atoms with E-state index in [1.807, 2.05) is 48.5 Å². The zero-order valence-electron chi connectivity index (χ0n) is 17.1. The van der Waals surface area contributed by atoms with Crippen LogP contribution in [0, 0.1) is 0 Å². The topological polar surface area (TPSA) is 61.7 Å². The first-order valence-corrected chi connectivity index (χ1v) is 10.5. The van der Waals surface area contributed by atoms with E-state index in [4.69, 9.17) is 4.74 Å². The van der Waals surface area contributed by atoms with Gasteiger partial charge in [-0.2, -0.15) is 0 Å². The summed E-state index contributed by atoms with van der Waals surface area (Å²) in [6.07, 6.45) is 4.04. The molecule has 3 aromatic rings. The van der Waals surface area contributed by atoms with Crippen LogP contribution in [0.3, 0.4) is 0 Å². The highest BCUT2D eigenvalue weighted by atomic mass is 16.5. The van der Waals surface area contributed by atoms with E-state index in [2.05, 4.69) is 31.9 Å². The Morgan fingerprint density at radius 3 is 2.33 bits per heavy atom. The van der Waals surface area contributed by atoms with Crippen LogP contribution in [0.15, 0.2) is 73.1 Å². The van der Waals surface area contributed by atoms with Crippen molar-refractivity contribution in [3.05, 3.63) is 73.1 Å². The summed E-state index contributed by atoms with van der Waals surface area (Å²) in [6, 6.07) is 20.1. The van der Waals surface area contributed by atoms with Gasteiger partial charge in [0.1, 0.15) is 18.5 Å². The quantitative estimate of drug-likeness (QED) is 0.653. The molecular formula is C24H28N4O2. The van der Waals surface area contributed by atoms with Gasteiger partial charge < -0.3 is 14.7 Å². The normalized spacial score (nSPS) is 16.1. The Hall–Kier alpha value is -2.96. The molecule has 2 heterocycles. The number of β-amino-alcohol motifs (C(OH)–C–C–N with tert-alkyl or cyclic N) is 1. The van der Waals surface area contributed by atoms with Crippen LogP contribution in [0.5, 0.6) is 5.75 Å². The number of ether oxygens (including phenoxy) is 1. The Labute approximate surface area is 177 Å². The van der Waals surface area contributed by atoms with E-state index in [1.165, 1.54) is 5.56 Å². The molecule has 1 aliphatic heterocycles. The zero-order valence-corrected chi connectivity index (χ0v) is 17.1. The molecule has 156 valence electrons. The van der Waals surface area contributed by atoms with Crippen LogP contribution in [-0.2, 0) is 0 Å². The Bertz CT molecular complexity index is 890. The summed E-state index contributed by atoms with van der Waals surface area (Å²) < 4.78 is 5.81. The van der Waals surface area contributed by atoms with Crippen molar-refractivity contribution in [3.8, 4) is 16.9 Å². The number of aliphatic hydroxyl groups excluding tert-OH is 1. The minimum Gasteiger partial charge on any atom is -0.491 e. The molecule has 6 heteroatoms. The van der Waals surface area contributed by atoms with Crippen LogP contribution in [0.1, 0.15) is 6.42 Å². The molecule has 0 aliphatic carbocycles. The third kappa shape index (κ3) is 5.55. The van der Waals surface area contributed by atoms with E-state index in [0.717, 1.165) is 49.9 Å². The molecule has 0 radical (unpaired) electrons. The lowest BCUT2D eigenvalue weighted by Crippen LogP contribution is -2.38. The molecule has 0 unspecified atom stereocenters. The van der Waals surface area contributed by atoms with Gasteiger partial charge in [-0.25, -0.2) is 9.97 Å². The molecule has 1 N–H and O–H groups in total. The van der Waals surface area contributed by atoms with Gasteiger partial charge in [-0.1, -0.05) is 42.5 Å². The molecule has 30 heavy (non-hydrogen) atoms.